The molecule has 0 saturated heterocycles. The molecule has 0 radical (unpaired) electrons. The number of aromatic nitrogens is 2. The summed E-state index contributed by atoms with van der Waals surface area (Å²) in [5.41, 5.74) is 14.4. The monoisotopic (exact) mass is 759 g/mol. The van der Waals surface area contributed by atoms with Gasteiger partial charge in [0.05, 0.1) is 21.3 Å². The number of para-hydroxylation sites is 3. The zero-order valence-electron chi connectivity index (χ0n) is 32.1. The summed E-state index contributed by atoms with van der Waals surface area (Å²) in [6.07, 6.45) is 0. The third-order valence-electron chi connectivity index (χ3n) is 12.3. The van der Waals surface area contributed by atoms with Crippen LogP contribution in [-0.4, -0.2) is 9.55 Å². The van der Waals surface area contributed by atoms with Gasteiger partial charge in [-0.2, -0.15) is 0 Å². The van der Waals surface area contributed by atoms with Gasteiger partial charge in [-0.3, -0.25) is 0 Å². The normalized spacial score (nSPS) is 13.1. The Balaban J connectivity index is 1.04. The highest BCUT2D eigenvalue weighted by molar-refractivity contribution is 7.21. The van der Waals surface area contributed by atoms with E-state index in [2.05, 4.69) is 211 Å². The van der Waals surface area contributed by atoms with Crippen molar-refractivity contribution in [1.82, 2.24) is 9.55 Å². The van der Waals surface area contributed by atoms with Gasteiger partial charge in [0.1, 0.15) is 5.01 Å². The van der Waals surface area contributed by atoms with E-state index in [-0.39, 0.29) is 5.41 Å². The van der Waals surface area contributed by atoms with E-state index in [4.69, 9.17) is 4.98 Å². The minimum absolute atomic E-state index is 0.146. The lowest BCUT2D eigenvalue weighted by Gasteiger charge is -2.26. The predicted molar refractivity (Wildman–Crippen MR) is 247 cm³/mol. The maximum atomic E-state index is 5.12. The molecule has 0 fully saturated rings. The van der Waals surface area contributed by atoms with Gasteiger partial charge in [-0.15, -0.1) is 11.3 Å². The molecule has 274 valence electrons. The standard InChI is InChI=1S/C54H37N3S/c1-54(2)47-28-36-23-22-34-24-25-39(29-42(34)43(36)31-44(47)45-32-52-49(33-48(45)54)55-53(58-52)35-14-6-3-7-15-35)56(37-16-8-4-9-17-37)40-26-27-51-46(30-40)41-20-12-13-21-50(41)57(51)38-18-10-5-11-19-38/h3-33H,1-2H3. The number of rotatable bonds is 5. The molecular formula is C54H37N3S. The van der Waals surface area contributed by atoms with E-state index < -0.39 is 0 Å². The van der Waals surface area contributed by atoms with Crippen molar-refractivity contribution in [2.24, 2.45) is 0 Å². The molecule has 0 saturated carbocycles. The van der Waals surface area contributed by atoms with Crippen LogP contribution in [0.25, 0.3) is 81.0 Å². The molecule has 1 aliphatic rings. The van der Waals surface area contributed by atoms with Crippen molar-refractivity contribution in [3.05, 3.63) is 199 Å². The van der Waals surface area contributed by atoms with Crippen molar-refractivity contribution in [3.63, 3.8) is 0 Å². The van der Waals surface area contributed by atoms with Crippen molar-refractivity contribution in [2.45, 2.75) is 19.3 Å². The molecule has 58 heavy (non-hydrogen) atoms. The number of hydrogen-bond donors (Lipinski definition) is 0. The van der Waals surface area contributed by atoms with Crippen molar-refractivity contribution in [1.29, 1.82) is 0 Å². The first-order chi connectivity index (χ1) is 28.5. The highest BCUT2D eigenvalue weighted by Crippen LogP contribution is 2.52. The van der Waals surface area contributed by atoms with Crippen LogP contribution in [0.15, 0.2) is 188 Å². The summed E-state index contributed by atoms with van der Waals surface area (Å²) in [6, 6.07) is 68.9. The van der Waals surface area contributed by atoms with E-state index in [9.17, 15) is 0 Å². The second kappa shape index (κ2) is 12.5. The van der Waals surface area contributed by atoms with Crippen molar-refractivity contribution < 1.29 is 0 Å². The van der Waals surface area contributed by atoms with Crippen LogP contribution in [0, 0.1) is 0 Å². The van der Waals surface area contributed by atoms with Crippen LogP contribution < -0.4 is 4.90 Å². The number of fused-ring (bicyclic) bond motifs is 10. The van der Waals surface area contributed by atoms with E-state index in [1.54, 1.807) is 11.3 Å². The first-order valence-corrected chi connectivity index (χ1v) is 20.8. The van der Waals surface area contributed by atoms with Crippen LogP contribution in [0.5, 0.6) is 0 Å². The van der Waals surface area contributed by atoms with Gasteiger partial charge in [0, 0.05) is 44.5 Å². The van der Waals surface area contributed by atoms with E-state index in [0.29, 0.717) is 0 Å². The van der Waals surface area contributed by atoms with Crippen LogP contribution in [0.1, 0.15) is 25.0 Å². The van der Waals surface area contributed by atoms with E-state index in [1.807, 2.05) is 0 Å². The third kappa shape index (κ3) is 4.95. The maximum Gasteiger partial charge on any atom is 0.124 e. The first kappa shape index (κ1) is 33.2. The van der Waals surface area contributed by atoms with Crippen LogP contribution in [0.2, 0.25) is 0 Å². The molecule has 0 unspecified atom stereocenters. The van der Waals surface area contributed by atoms with E-state index >= 15 is 0 Å². The fraction of sp³-hybridized carbons (Fsp3) is 0.0556. The molecule has 0 amide bonds. The fourth-order valence-corrected chi connectivity index (χ4v) is 10.5. The predicted octanol–water partition coefficient (Wildman–Crippen LogP) is 15.1. The lowest BCUT2D eigenvalue weighted by molar-refractivity contribution is 0.662. The SMILES string of the molecule is CC1(C)c2cc3ccc4ccc(N(c5ccccc5)c5ccc6c(c5)c5ccccc5n6-c5ccccc5)cc4c3cc2-c2cc3sc(-c4ccccc4)nc3cc21. The summed E-state index contributed by atoms with van der Waals surface area (Å²) < 4.78 is 3.60. The third-order valence-corrected chi connectivity index (χ3v) is 13.4. The molecule has 2 heterocycles. The summed E-state index contributed by atoms with van der Waals surface area (Å²) in [4.78, 5) is 7.53. The maximum absolute atomic E-state index is 5.12. The molecule has 1 aliphatic carbocycles. The summed E-state index contributed by atoms with van der Waals surface area (Å²) in [5.74, 6) is 0. The van der Waals surface area contributed by atoms with Crippen LogP contribution >= 0.6 is 11.3 Å². The van der Waals surface area contributed by atoms with Gasteiger partial charge in [0.15, 0.2) is 0 Å². The molecule has 0 atom stereocenters. The van der Waals surface area contributed by atoms with Gasteiger partial charge in [-0.1, -0.05) is 117 Å². The summed E-state index contributed by atoms with van der Waals surface area (Å²) in [7, 11) is 0. The number of anilines is 3. The topological polar surface area (TPSA) is 21.1 Å². The molecule has 4 heteroatoms. The quantitative estimate of drug-likeness (QED) is 0.163. The zero-order valence-corrected chi connectivity index (χ0v) is 33.0. The Labute approximate surface area is 340 Å². The van der Waals surface area contributed by atoms with Gasteiger partial charge in [0.25, 0.3) is 0 Å². The van der Waals surface area contributed by atoms with Gasteiger partial charge >= 0.3 is 0 Å². The average Bonchev–Trinajstić information content (AvgIpc) is 3.91. The molecule has 2 aromatic heterocycles. The smallest absolute Gasteiger partial charge is 0.124 e. The molecule has 0 spiro atoms. The summed E-state index contributed by atoms with van der Waals surface area (Å²) in [6.45, 7) is 4.73. The lowest BCUT2D eigenvalue weighted by Crippen LogP contribution is -2.14. The molecule has 11 aromatic rings. The minimum Gasteiger partial charge on any atom is -0.310 e. The Hall–Kier alpha value is -7.01. The molecule has 0 N–H and O–H groups in total. The first-order valence-electron chi connectivity index (χ1n) is 20.0. The molecule has 0 bridgehead atoms. The minimum atomic E-state index is -0.146. The highest BCUT2D eigenvalue weighted by Gasteiger charge is 2.36. The number of thiazole rings is 1. The van der Waals surface area contributed by atoms with Crippen LogP contribution in [0.3, 0.4) is 0 Å². The second-order valence-corrected chi connectivity index (χ2v) is 17.1. The van der Waals surface area contributed by atoms with Crippen molar-refractivity contribution in [3.8, 4) is 27.4 Å². The Morgan fingerprint density at radius 2 is 1.09 bits per heavy atom. The van der Waals surface area contributed by atoms with Crippen LogP contribution in [-0.2, 0) is 5.41 Å². The van der Waals surface area contributed by atoms with Crippen molar-refractivity contribution >= 4 is 82.0 Å². The Bertz CT molecular complexity index is 3420. The van der Waals surface area contributed by atoms with Gasteiger partial charge in [-0.25, -0.2) is 4.98 Å². The lowest BCUT2D eigenvalue weighted by atomic mass is 9.81. The van der Waals surface area contributed by atoms with E-state index in [0.717, 1.165) is 33.3 Å². The Kier molecular flexibility index (Phi) is 7.14. The highest BCUT2D eigenvalue weighted by atomic mass is 32.1. The molecule has 9 aromatic carbocycles. The van der Waals surface area contributed by atoms with Gasteiger partial charge in [-0.05, 0) is 129 Å². The largest absolute Gasteiger partial charge is 0.310 e. The fourth-order valence-electron chi connectivity index (χ4n) is 9.51. The average molecular weight is 760 g/mol. The summed E-state index contributed by atoms with van der Waals surface area (Å²) in [5, 5.41) is 8.54. The number of hydrogen-bond acceptors (Lipinski definition) is 3. The Morgan fingerprint density at radius 1 is 0.483 bits per heavy atom. The number of benzene rings is 9. The van der Waals surface area contributed by atoms with Gasteiger partial charge < -0.3 is 9.47 Å². The number of nitrogens with zero attached hydrogens (tertiary/aromatic N) is 3. The van der Waals surface area contributed by atoms with Crippen LogP contribution in [0.4, 0.5) is 17.1 Å². The second-order valence-electron chi connectivity index (χ2n) is 16.0. The molecule has 12 rings (SSSR count). The van der Waals surface area contributed by atoms with Gasteiger partial charge in [0.2, 0.25) is 0 Å². The molecular weight excluding hydrogens is 723 g/mol. The zero-order chi connectivity index (χ0) is 38.5. The van der Waals surface area contributed by atoms with E-state index in [1.165, 1.54) is 75.9 Å². The summed E-state index contributed by atoms with van der Waals surface area (Å²) >= 11 is 1.78. The van der Waals surface area contributed by atoms with Crippen molar-refractivity contribution in [2.75, 3.05) is 4.90 Å². The molecule has 3 nitrogen and oxygen atoms in total. The molecule has 0 aliphatic heterocycles. The Morgan fingerprint density at radius 3 is 1.90 bits per heavy atom.